The van der Waals surface area contributed by atoms with Crippen LogP contribution in [0.5, 0.6) is 0 Å². The Labute approximate surface area is 206 Å². The van der Waals surface area contributed by atoms with E-state index in [4.69, 9.17) is 4.74 Å². The molecular formula is C28H34N2O5. The molecule has 7 heteroatoms. The topological polar surface area (TPSA) is 95.9 Å². The third kappa shape index (κ3) is 5.04. The van der Waals surface area contributed by atoms with E-state index < -0.39 is 29.1 Å². The highest BCUT2D eigenvalue weighted by atomic mass is 16.5. The van der Waals surface area contributed by atoms with Crippen LogP contribution in [0.4, 0.5) is 4.79 Å². The minimum atomic E-state index is -0.995. The van der Waals surface area contributed by atoms with Gasteiger partial charge in [0.2, 0.25) is 5.91 Å². The van der Waals surface area contributed by atoms with Gasteiger partial charge in [-0.05, 0) is 54.4 Å². The number of carboxylic acid groups (broad SMARTS) is 1. The van der Waals surface area contributed by atoms with Gasteiger partial charge in [0, 0.05) is 24.4 Å². The minimum Gasteiger partial charge on any atom is -0.480 e. The van der Waals surface area contributed by atoms with Crippen LogP contribution in [0.2, 0.25) is 0 Å². The summed E-state index contributed by atoms with van der Waals surface area (Å²) >= 11 is 0. The molecule has 2 aromatic rings. The van der Waals surface area contributed by atoms with E-state index in [0.29, 0.717) is 6.54 Å². The number of alkyl carbamates (subject to hydrolysis) is 1. The van der Waals surface area contributed by atoms with Gasteiger partial charge in [0.1, 0.15) is 12.6 Å². The lowest BCUT2D eigenvalue weighted by Gasteiger charge is -2.44. The fourth-order valence-corrected chi connectivity index (χ4v) is 5.56. The molecule has 7 nitrogen and oxygen atoms in total. The molecular weight excluding hydrogens is 444 g/mol. The van der Waals surface area contributed by atoms with Crippen molar-refractivity contribution in [2.24, 2.45) is 5.41 Å². The van der Waals surface area contributed by atoms with Gasteiger partial charge in [-0.3, -0.25) is 4.79 Å². The first-order valence-electron chi connectivity index (χ1n) is 12.2. The predicted molar refractivity (Wildman–Crippen MR) is 133 cm³/mol. The molecule has 0 aromatic heterocycles. The van der Waals surface area contributed by atoms with Gasteiger partial charge in [-0.15, -0.1) is 0 Å². The van der Waals surface area contributed by atoms with Gasteiger partial charge in [-0.2, -0.15) is 0 Å². The lowest BCUT2D eigenvalue weighted by Crippen LogP contribution is -2.58. The Kier molecular flexibility index (Phi) is 6.62. The smallest absolute Gasteiger partial charge is 0.407 e. The zero-order valence-corrected chi connectivity index (χ0v) is 20.8. The number of amides is 2. The number of benzene rings is 2. The number of carbonyl (C=O) groups excluding carboxylic acids is 2. The van der Waals surface area contributed by atoms with Crippen LogP contribution < -0.4 is 5.32 Å². The summed E-state index contributed by atoms with van der Waals surface area (Å²) in [7, 11) is 0. The number of carbonyl (C=O) groups is 3. The summed E-state index contributed by atoms with van der Waals surface area (Å²) in [6.07, 6.45) is 0.882. The van der Waals surface area contributed by atoms with E-state index >= 15 is 0 Å². The number of fused-ring (bicyclic) bond motifs is 3. The van der Waals surface area contributed by atoms with Gasteiger partial charge >= 0.3 is 12.1 Å². The van der Waals surface area contributed by atoms with Crippen molar-refractivity contribution in [1.29, 1.82) is 0 Å². The lowest BCUT2D eigenvalue weighted by atomic mass is 9.76. The van der Waals surface area contributed by atoms with Crippen LogP contribution in [-0.4, -0.2) is 52.7 Å². The van der Waals surface area contributed by atoms with E-state index in [9.17, 15) is 19.5 Å². The van der Waals surface area contributed by atoms with Gasteiger partial charge in [0.15, 0.2) is 0 Å². The number of nitrogens with zero attached hydrogens (tertiary/aromatic N) is 1. The normalized spacial score (nSPS) is 19.0. The van der Waals surface area contributed by atoms with Gasteiger partial charge < -0.3 is 20.1 Å². The van der Waals surface area contributed by atoms with Crippen molar-refractivity contribution in [3.05, 3.63) is 59.7 Å². The van der Waals surface area contributed by atoms with Crippen LogP contribution in [0, 0.1) is 5.41 Å². The van der Waals surface area contributed by atoms with Crippen LogP contribution >= 0.6 is 0 Å². The first-order chi connectivity index (χ1) is 16.5. The van der Waals surface area contributed by atoms with Gasteiger partial charge in [0.25, 0.3) is 0 Å². The SMILES string of the molecule is CC(C)(CC(=O)N1CCCC(C)(C)C1C(=O)O)NC(=O)OCC1c2ccccc2-c2ccccc21. The number of likely N-dealkylation sites (tertiary alicyclic amines) is 1. The highest BCUT2D eigenvalue weighted by Gasteiger charge is 2.45. The van der Waals surface area contributed by atoms with E-state index in [-0.39, 0.29) is 24.9 Å². The number of hydrogen-bond donors (Lipinski definition) is 2. The molecule has 1 fully saturated rings. The zero-order chi connectivity index (χ0) is 25.4. The standard InChI is InChI=1S/C28H34N2O5/c1-27(2)14-9-15-30(24(27)25(32)33)23(31)16-28(3,4)29-26(34)35-17-22-20-12-7-5-10-18(20)19-11-6-8-13-21(19)22/h5-8,10-13,22,24H,9,14-17H2,1-4H3,(H,29,34)(H,32,33). The second-order valence-electron chi connectivity index (χ2n) is 10.9. The fourth-order valence-electron chi connectivity index (χ4n) is 5.56. The summed E-state index contributed by atoms with van der Waals surface area (Å²) < 4.78 is 5.63. The maximum Gasteiger partial charge on any atom is 0.407 e. The highest BCUT2D eigenvalue weighted by molar-refractivity contribution is 5.85. The molecule has 0 bridgehead atoms. The summed E-state index contributed by atoms with van der Waals surface area (Å²) in [5, 5.41) is 12.6. The summed E-state index contributed by atoms with van der Waals surface area (Å²) in [4.78, 5) is 39.2. The molecule has 2 aliphatic rings. The Hall–Kier alpha value is -3.35. The highest BCUT2D eigenvalue weighted by Crippen LogP contribution is 2.44. The monoisotopic (exact) mass is 478 g/mol. The molecule has 1 unspecified atom stereocenters. The molecule has 2 aromatic carbocycles. The van der Waals surface area contributed by atoms with E-state index in [1.807, 2.05) is 38.1 Å². The number of carboxylic acids is 1. The van der Waals surface area contributed by atoms with Gasteiger partial charge in [0.05, 0.1) is 0 Å². The first-order valence-corrected chi connectivity index (χ1v) is 12.2. The van der Waals surface area contributed by atoms with Crippen LogP contribution in [0.3, 0.4) is 0 Å². The molecule has 2 amide bonds. The fraction of sp³-hybridized carbons (Fsp3) is 0.464. The molecule has 1 atom stereocenters. The summed E-state index contributed by atoms with van der Waals surface area (Å²) in [6, 6.07) is 15.4. The molecule has 186 valence electrons. The first kappa shape index (κ1) is 24.8. The van der Waals surface area contributed by atoms with Crippen LogP contribution in [0.15, 0.2) is 48.5 Å². The quantitative estimate of drug-likeness (QED) is 0.622. The molecule has 0 saturated carbocycles. The molecule has 1 aliphatic heterocycles. The zero-order valence-electron chi connectivity index (χ0n) is 20.8. The Morgan fingerprint density at radius 1 is 1.06 bits per heavy atom. The van der Waals surface area contributed by atoms with E-state index in [1.54, 1.807) is 13.8 Å². The Balaban J connectivity index is 1.38. The lowest BCUT2D eigenvalue weighted by molar-refractivity contribution is -0.159. The Bertz CT molecular complexity index is 1090. The minimum absolute atomic E-state index is 0.0168. The number of piperidine rings is 1. The third-order valence-corrected chi connectivity index (χ3v) is 7.20. The average molecular weight is 479 g/mol. The van der Waals surface area contributed by atoms with Gasteiger partial charge in [-0.1, -0.05) is 62.4 Å². The largest absolute Gasteiger partial charge is 0.480 e. The summed E-state index contributed by atoms with van der Waals surface area (Å²) in [6.45, 7) is 7.84. The number of rotatable bonds is 6. The molecule has 2 N–H and O–H groups in total. The van der Waals surface area contributed by atoms with Crippen LogP contribution in [0.1, 0.15) is 64.0 Å². The number of nitrogens with one attached hydrogen (secondary N) is 1. The summed E-state index contributed by atoms with van der Waals surface area (Å²) in [5.74, 6) is -1.33. The summed E-state index contributed by atoms with van der Waals surface area (Å²) in [5.41, 5.74) is 3.15. The maximum absolute atomic E-state index is 13.1. The van der Waals surface area contributed by atoms with Crippen LogP contribution in [-0.2, 0) is 14.3 Å². The van der Waals surface area contributed by atoms with Crippen molar-refractivity contribution in [2.45, 2.75) is 64.5 Å². The Morgan fingerprint density at radius 3 is 2.20 bits per heavy atom. The third-order valence-electron chi connectivity index (χ3n) is 7.20. The molecule has 0 spiro atoms. The molecule has 1 saturated heterocycles. The van der Waals surface area contributed by atoms with Crippen molar-refractivity contribution in [2.75, 3.05) is 13.2 Å². The van der Waals surface area contributed by atoms with E-state index in [2.05, 4.69) is 29.6 Å². The van der Waals surface area contributed by atoms with Crippen molar-refractivity contribution in [3.8, 4) is 11.1 Å². The second-order valence-corrected chi connectivity index (χ2v) is 10.9. The van der Waals surface area contributed by atoms with Crippen molar-refractivity contribution < 1.29 is 24.2 Å². The van der Waals surface area contributed by atoms with Crippen molar-refractivity contribution in [3.63, 3.8) is 0 Å². The maximum atomic E-state index is 13.1. The van der Waals surface area contributed by atoms with E-state index in [0.717, 1.165) is 35.1 Å². The van der Waals surface area contributed by atoms with Crippen LogP contribution in [0.25, 0.3) is 11.1 Å². The predicted octanol–water partition coefficient (Wildman–Crippen LogP) is 4.80. The number of hydrogen-bond acceptors (Lipinski definition) is 4. The number of aliphatic carboxylic acids is 1. The van der Waals surface area contributed by atoms with Gasteiger partial charge in [-0.25, -0.2) is 9.59 Å². The second kappa shape index (κ2) is 9.36. The average Bonchev–Trinajstić information content (AvgIpc) is 3.09. The molecule has 4 rings (SSSR count). The Morgan fingerprint density at radius 2 is 1.63 bits per heavy atom. The van der Waals surface area contributed by atoms with Crippen molar-refractivity contribution >= 4 is 18.0 Å². The van der Waals surface area contributed by atoms with Crippen molar-refractivity contribution in [1.82, 2.24) is 10.2 Å². The number of ether oxygens (including phenoxy) is 1. The molecule has 1 aliphatic carbocycles. The molecule has 1 heterocycles. The van der Waals surface area contributed by atoms with E-state index in [1.165, 1.54) is 4.90 Å². The molecule has 35 heavy (non-hydrogen) atoms. The molecule has 0 radical (unpaired) electrons.